The van der Waals surface area contributed by atoms with Gasteiger partial charge >= 0.3 is 6.03 Å². The highest BCUT2D eigenvalue weighted by Gasteiger charge is 2.32. The third kappa shape index (κ3) is 2.43. The maximum Gasteiger partial charge on any atom is 0.320 e. The smallest absolute Gasteiger partial charge is 0.320 e. The van der Waals surface area contributed by atoms with Gasteiger partial charge in [0.15, 0.2) is 0 Å². The van der Waals surface area contributed by atoms with Gasteiger partial charge in [-0.3, -0.25) is 0 Å². The number of rotatable bonds is 1. The number of nitrogens with zero attached hydrogens (tertiary/aromatic N) is 2. The second-order valence-electron chi connectivity index (χ2n) is 4.69. The third-order valence-corrected chi connectivity index (χ3v) is 3.44. The van der Waals surface area contributed by atoms with Crippen molar-refractivity contribution in [1.82, 2.24) is 9.80 Å². The Hall–Kier alpha value is -0.770. The van der Waals surface area contributed by atoms with Crippen LogP contribution in [0.1, 0.15) is 25.7 Å². The van der Waals surface area contributed by atoms with Gasteiger partial charge in [0.25, 0.3) is 0 Å². The predicted molar refractivity (Wildman–Crippen MR) is 59.6 cm³/mol. The second kappa shape index (κ2) is 4.84. The lowest BCUT2D eigenvalue weighted by Gasteiger charge is -2.41. The van der Waals surface area contributed by atoms with E-state index in [4.69, 9.17) is 5.73 Å². The molecule has 86 valence electrons. The lowest BCUT2D eigenvalue weighted by Crippen LogP contribution is -2.56. The summed E-state index contributed by atoms with van der Waals surface area (Å²) in [6, 6.07) is 0.238. The van der Waals surface area contributed by atoms with Gasteiger partial charge in [0, 0.05) is 32.1 Å². The molecule has 0 unspecified atom stereocenters. The lowest BCUT2D eigenvalue weighted by atomic mass is 10.0. The molecule has 15 heavy (non-hydrogen) atoms. The zero-order chi connectivity index (χ0) is 10.7. The average molecular weight is 211 g/mol. The van der Waals surface area contributed by atoms with Crippen LogP contribution in [0.4, 0.5) is 4.79 Å². The Morgan fingerprint density at radius 1 is 1.07 bits per heavy atom. The summed E-state index contributed by atoms with van der Waals surface area (Å²) in [5.41, 5.74) is 5.55. The van der Waals surface area contributed by atoms with E-state index in [2.05, 4.69) is 0 Å². The van der Waals surface area contributed by atoms with Crippen LogP contribution in [-0.2, 0) is 0 Å². The van der Waals surface area contributed by atoms with Crippen molar-refractivity contribution in [2.24, 2.45) is 11.7 Å². The summed E-state index contributed by atoms with van der Waals surface area (Å²) < 4.78 is 0. The van der Waals surface area contributed by atoms with E-state index in [-0.39, 0.29) is 6.03 Å². The first-order chi connectivity index (χ1) is 7.31. The average Bonchev–Trinajstić information content (AvgIpc) is 2.43. The molecule has 2 fully saturated rings. The van der Waals surface area contributed by atoms with Crippen LogP contribution in [0, 0.1) is 5.92 Å². The minimum atomic E-state index is 0.238. The first-order valence-corrected chi connectivity index (χ1v) is 6.05. The summed E-state index contributed by atoms with van der Waals surface area (Å²) in [6.45, 7) is 4.34. The number of hydrogen-bond acceptors (Lipinski definition) is 2. The number of nitrogens with two attached hydrogens (primary N) is 1. The molecule has 0 aromatic rings. The van der Waals surface area contributed by atoms with Crippen LogP contribution in [0.3, 0.4) is 0 Å². The van der Waals surface area contributed by atoms with E-state index >= 15 is 0 Å². The summed E-state index contributed by atoms with van der Waals surface area (Å²) >= 11 is 0. The normalized spacial score (nSPS) is 23.5. The van der Waals surface area contributed by atoms with Crippen LogP contribution in [-0.4, -0.2) is 48.6 Å². The monoisotopic (exact) mass is 211 g/mol. The summed E-state index contributed by atoms with van der Waals surface area (Å²) in [5.74, 6) is 0.543. The van der Waals surface area contributed by atoms with E-state index in [0.29, 0.717) is 12.5 Å². The Morgan fingerprint density at radius 2 is 1.67 bits per heavy atom. The zero-order valence-electron chi connectivity index (χ0n) is 9.32. The van der Waals surface area contributed by atoms with Crippen LogP contribution in [0.25, 0.3) is 0 Å². The van der Waals surface area contributed by atoms with Gasteiger partial charge < -0.3 is 15.5 Å². The molecule has 2 aliphatic heterocycles. The van der Waals surface area contributed by atoms with Crippen LogP contribution in [0.2, 0.25) is 0 Å². The number of hydrogen-bond donors (Lipinski definition) is 1. The van der Waals surface area contributed by atoms with E-state index in [9.17, 15) is 4.79 Å². The van der Waals surface area contributed by atoms with E-state index in [0.717, 1.165) is 26.2 Å². The van der Waals surface area contributed by atoms with Gasteiger partial charge in [-0.15, -0.1) is 0 Å². The second-order valence-corrected chi connectivity index (χ2v) is 4.69. The molecule has 0 aromatic heterocycles. The Labute approximate surface area is 91.4 Å². The van der Waals surface area contributed by atoms with Crippen molar-refractivity contribution in [3.8, 4) is 0 Å². The van der Waals surface area contributed by atoms with Gasteiger partial charge in [0.1, 0.15) is 0 Å². The van der Waals surface area contributed by atoms with Gasteiger partial charge in [0.2, 0.25) is 0 Å². The number of amides is 2. The van der Waals surface area contributed by atoms with Crippen molar-refractivity contribution in [2.45, 2.75) is 25.7 Å². The van der Waals surface area contributed by atoms with Gasteiger partial charge in [-0.2, -0.15) is 0 Å². The number of likely N-dealkylation sites (tertiary alicyclic amines) is 2. The largest absolute Gasteiger partial charge is 0.330 e. The molecule has 0 spiro atoms. The molecule has 2 aliphatic rings. The van der Waals surface area contributed by atoms with E-state index in [1.165, 1.54) is 25.7 Å². The number of carbonyl (C=O) groups is 1. The highest BCUT2D eigenvalue weighted by molar-refractivity contribution is 5.75. The number of carbonyl (C=O) groups excluding carboxylic acids is 1. The van der Waals surface area contributed by atoms with Crippen molar-refractivity contribution in [2.75, 3.05) is 32.7 Å². The van der Waals surface area contributed by atoms with Crippen molar-refractivity contribution < 1.29 is 4.79 Å². The van der Waals surface area contributed by atoms with E-state index in [1.54, 1.807) is 0 Å². The topological polar surface area (TPSA) is 49.6 Å². The molecule has 0 aliphatic carbocycles. The summed E-state index contributed by atoms with van der Waals surface area (Å²) in [7, 11) is 0. The van der Waals surface area contributed by atoms with Crippen molar-refractivity contribution in [3.05, 3.63) is 0 Å². The minimum Gasteiger partial charge on any atom is -0.330 e. The standard InChI is InChI=1S/C11H21N3O/c12-7-10-8-14(9-10)11(15)13-5-3-1-2-4-6-13/h10H,1-9,12H2. The van der Waals surface area contributed by atoms with Gasteiger partial charge in [0.05, 0.1) is 0 Å². The van der Waals surface area contributed by atoms with E-state index in [1.807, 2.05) is 9.80 Å². The molecule has 4 heteroatoms. The first kappa shape index (κ1) is 10.7. The Balaban J connectivity index is 1.80. The fourth-order valence-electron chi connectivity index (χ4n) is 2.34. The SMILES string of the molecule is NCC1CN(C(=O)N2CCCCCC2)C1. The first-order valence-electron chi connectivity index (χ1n) is 6.05. The third-order valence-electron chi connectivity index (χ3n) is 3.44. The van der Waals surface area contributed by atoms with Crippen LogP contribution in [0.5, 0.6) is 0 Å². The van der Waals surface area contributed by atoms with Crippen LogP contribution in [0.15, 0.2) is 0 Å². The molecule has 2 saturated heterocycles. The molecule has 2 N–H and O–H groups in total. The Kier molecular flexibility index (Phi) is 3.46. The van der Waals surface area contributed by atoms with Crippen molar-refractivity contribution in [1.29, 1.82) is 0 Å². The van der Waals surface area contributed by atoms with Gasteiger partial charge in [-0.1, -0.05) is 12.8 Å². The molecule has 0 radical (unpaired) electrons. The molecule has 0 atom stereocenters. The zero-order valence-corrected chi connectivity index (χ0v) is 9.32. The van der Waals surface area contributed by atoms with Gasteiger partial charge in [-0.25, -0.2) is 4.79 Å². The summed E-state index contributed by atoms with van der Waals surface area (Å²) in [5, 5.41) is 0. The summed E-state index contributed by atoms with van der Waals surface area (Å²) in [6.07, 6.45) is 4.88. The fourth-order valence-corrected chi connectivity index (χ4v) is 2.34. The molecular weight excluding hydrogens is 190 g/mol. The Bertz CT molecular complexity index is 218. The molecule has 0 bridgehead atoms. The molecule has 0 aromatic carbocycles. The molecule has 4 nitrogen and oxygen atoms in total. The summed E-state index contributed by atoms with van der Waals surface area (Å²) in [4.78, 5) is 16.0. The quantitative estimate of drug-likeness (QED) is 0.699. The maximum atomic E-state index is 12.0. The van der Waals surface area contributed by atoms with Crippen LogP contribution >= 0.6 is 0 Å². The fraction of sp³-hybridized carbons (Fsp3) is 0.909. The molecular formula is C11H21N3O. The minimum absolute atomic E-state index is 0.238. The van der Waals surface area contributed by atoms with Crippen molar-refractivity contribution in [3.63, 3.8) is 0 Å². The highest BCUT2D eigenvalue weighted by Crippen LogP contribution is 2.18. The predicted octanol–water partition coefficient (Wildman–Crippen LogP) is 0.873. The molecule has 0 saturated carbocycles. The van der Waals surface area contributed by atoms with Gasteiger partial charge in [-0.05, 0) is 19.4 Å². The molecule has 2 rings (SSSR count). The van der Waals surface area contributed by atoms with Crippen LogP contribution < -0.4 is 5.73 Å². The number of urea groups is 1. The highest BCUT2D eigenvalue weighted by atomic mass is 16.2. The van der Waals surface area contributed by atoms with Crippen molar-refractivity contribution >= 4 is 6.03 Å². The molecule has 2 amide bonds. The maximum absolute atomic E-state index is 12.0. The van der Waals surface area contributed by atoms with E-state index < -0.39 is 0 Å². The Morgan fingerprint density at radius 3 is 2.20 bits per heavy atom. The lowest BCUT2D eigenvalue weighted by molar-refractivity contribution is 0.0943. The molecule has 2 heterocycles.